The molecule has 4 aromatic carbocycles. The minimum atomic E-state index is -0.558. The zero-order valence-corrected chi connectivity index (χ0v) is 24.3. The Morgan fingerprint density at radius 2 is 1.75 bits per heavy atom. The van der Waals surface area contributed by atoms with Crippen molar-refractivity contribution in [3.8, 4) is 11.1 Å². The predicted octanol–water partition coefficient (Wildman–Crippen LogP) is 6.85. The molecule has 5 aromatic rings. The molecule has 0 bridgehead atoms. The van der Waals surface area contributed by atoms with Gasteiger partial charge < -0.3 is 29.2 Å². The van der Waals surface area contributed by atoms with Gasteiger partial charge in [0.2, 0.25) is 0 Å². The molecule has 0 unspecified atom stereocenters. The highest BCUT2D eigenvalue weighted by Crippen LogP contribution is 2.39. The largest absolute Gasteiger partial charge is 0.445 e. The molecule has 0 aliphatic carbocycles. The fourth-order valence-electron chi connectivity index (χ4n) is 5.46. The van der Waals surface area contributed by atoms with Gasteiger partial charge in [0.25, 0.3) is 0 Å². The van der Waals surface area contributed by atoms with E-state index in [4.69, 9.17) is 14.2 Å². The average molecular weight is 590 g/mol. The number of carbonyl (C=O) groups excluding carboxylic acids is 1. The van der Waals surface area contributed by atoms with Crippen molar-refractivity contribution in [2.45, 2.75) is 44.6 Å². The van der Waals surface area contributed by atoms with Crippen LogP contribution in [0.5, 0.6) is 0 Å². The molecule has 2 N–H and O–H groups in total. The second-order valence-electron chi connectivity index (χ2n) is 10.8. The molecule has 0 radical (unpaired) electrons. The monoisotopic (exact) mass is 589 g/mol. The minimum Gasteiger partial charge on any atom is -0.445 e. The molecule has 1 aromatic heterocycles. The topological polar surface area (TPSA) is 94.8 Å². The molecule has 1 saturated heterocycles. The Kier molecular flexibility index (Phi) is 9.12. The van der Waals surface area contributed by atoms with E-state index in [0.717, 1.165) is 44.4 Å². The third-order valence-electron chi connectivity index (χ3n) is 7.75. The van der Waals surface area contributed by atoms with Gasteiger partial charge in [0, 0.05) is 18.5 Å². The number of benzene rings is 4. The molecule has 1 amide bonds. The first-order valence-corrected chi connectivity index (χ1v) is 14.7. The summed E-state index contributed by atoms with van der Waals surface area (Å²) in [5, 5.41) is 12.3. The van der Waals surface area contributed by atoms with Gasteiger partial charge in [-0.15, -0.1) is 0 Å². The molecule has 2 heterocycles. The quantitative estimate of drug-likeness (QED) is 0.173. The Balaban J connectivity index is 1.20. The number of hydrogen-bond acceptors (Lipinski definition) is 6. The molecule has 224 valence electrons. The number of alkyl carbamates (subject to hydrolysis) is 1. The maximum atomic E-state index is 11.8. The highest BCUT2D eigenvalue weighted by atomic mass is 16.7. The molecule has 8 heteroatoms. The van der Waals surface area contributed by atoms with Crippen LogP contribution in [0.4, 0.5) is 4.79 Å². The second-order valence-corrected chi connectivity index (χ2v) is 10.8. The van der Waals surface area contributed by atoms with E-state index < -0.39 is 12.4 Å². The van der Waals surface area contributed by atoms with Crippen LogP contribution in [0.15, 0.2) is 116 Å². The fraction of sp³-hybridized carbons (Fsp3) is 0.222. The molecular weight excluding hydrogens is 554 g/mol. The number of imidazole rings is 1. The smallest absolute Gasteiger partial charge is 0.407 e. The first-order chi connectivity index (χ1) is 21.6. The number of rotatable bonds is 10. The van der Waals surface area contributed by atoms with Crippen molar-refractivity contribution in [2.24, 2.45) is 0 Å². The number of ether oxygens (including phenoxy) is 3. The maximum Gasteiger partial charge on any atom is 0.407 e. The van der Waals surface area contributed by atoms with Crippen molar-refractivity contribution in [1.29, 1.82) is 0 Å². The van der Waals surface area contributed by atoms with E-state index >= 15 is 0 Å². The Morgan fingerprint density at radius 3 is 2.55 bits per heavy atom. The van der Waals surface area contributed by atoms with Crippen molar-refractivity contribution in [2.75, 3.05) is 6.61 Å². The van der Waals surface area contributed by atoms with Crippen molar-refractivity contribution in [1.82, 2.24) is 14.9 Å². The van der Waals surface area contributed by atoms with E-state index in [1.807, 2.05) is 85.2 Å². The Bertz CT molecular complexity index is 1710. The zero-order chi connectivity index (χ0) is 30.3. The molecule has 6 rings (SSSR count). The second kappa shape index (κ2) is 13.7. The van der Waals surface area contributed by atoms with Crippen LogP contribution >= 0.6 is 0 Å². The highest BCUT2D eigenvalue weighted by Gasteiger charge is 2.32. The standard InChI is InChI=1S/C36H35N3O5/c1-2-18-42-36(41)37-21-26-6-5-7-30(19-26)27-14-16-29(17-15-27)35-43-31(22-39-24-38-32-8-3-4-9-33(32)39)20-34(44-35)28-12-10-25(23-40)11-13-28/h2-17,19,24,31,34-35,40H,1,18,20-23H2,(H,37,41)/t31-,34+,35+/m1/s1. The molecule has 1 aliphatic rings. The summed E-state index contributed by atoms with van der Waals surface area (Å²) in [7, 11) is 0. The van der Waals surface area contributed by atoms with Gasteiger partial charge in [-0.05, 0) is 46.0 Å². The summed E-state index contributed by atoms with van der Waals surface area (Å²) in [6, 6.07) is 32.2. The Labute approximate surface area is 256 Å². The van der Waals surface area contributed by atoms with Crippen LogP contribution in [0.1, 0.15) is 41.1 Å². The minimum absolute atomic E-state index is 0.00189. The first kappa shape index (κ1) is 29.3. The van der Waals surface area contributed by atoms with Crippen molar-refractivity contribution >= 4 is 17.1 Å². The van der Waals surface area contributed by atoms with Crippen molar-refractivity contribution in [3.63, 3.8) is 0 Å². The first-order valence-electron chi connectivity index (χ1n) is 14.7. The molecule has 1 fully saturated rings. The van der Waals surface area contributed by atoms with Gasteiger partial charge in [0.05, 0.1) is 42.7 Å². The van der Waals surface area contributed by atoms with E-state index in [0.29, 0.717) is 19.5 Å². The van der Waals surface area contributed by atoms with Crippen LogP contribution in [0.2, 0.25) is 0 Å². The molecule has 8 nitrogen and oxygen atoms in total. The molecule has 0 spiro atoms. The number of aliphatic hydroxyl groups excluding tert-OH is 1. The Morgan fingerprint density at radius 1 is 0.955 bits per heavy atom. The van der Waals surface area contributed by atoms with E-state index in [1.165, 1.54) is 6.08 Å². The number of carbonyl (C=O) groups is 1. The summed E-state index contributed by atoms with van der Waals surface area (Å²) in [5.74, 6) is 0. The summed E-state index contributed by atoms with van der Waals surface area (Å²) >= 11 is 0. The van der Waals surface area contributed by atoms with Gasteiger partial charge in [-0.2, -0.15) is 0 Å². The van der Waals surface area contributed by atoms with Crippen LogP contribution in [0.3, 0.4) is 0 Å². The number of aromatic nitrogens is 2. The lowest BCUT2D eigenvalue weighted by molar-refractivity contribution is -0.252. The number of nitrogens with zero attached hydrogens (tertiary/aromatic N) is 2. The maximum absolute atomic E-state index is 11.8. The average Bonchev–Trinajstić information content (AvgIpc) is 3.49. The molecule has 3 atom stereocenters. The van der Waals surface area contributed by atoms with E-state index in [-0.39, 0.29) is 25.4 Å². The van der Waals surface area contributed by atoms with Gasteiger partial charge in [0.15, 0.2) is 6.29 Å². The lowest BCUT2D eigenvalue weighted by Crippen LogP contribution is -2.32. The normalized spacial score (nSPS) is 18.2. The van der Waals surface area contributed by atoms with Gasteiger partial charge in [-0.3, -0.25) is 0 Å². The summed E-state index contributed by atoms with van der Waals surface area (Å²) in [6.07, 6.45) is 2.75. The number of fused-ring (bicyclic) bond motifs is 1. The van der Waals surface area contributed by atoms with E-state index in [9.17, 15) is 9.90 Å². The lowest BCUT2D eigenvalue weighted by Gasteiger charge is -2.36. The van der Waals surface area contributed by atoms with Gasteiger partial charge in [0.1, 0.15) is 6.61 Å². The number of nitrogens with one attached hydrogen (secondary N) is 1. The number of para-hydroxylation sites is 2. The van der Waals surface area contributed by atoms with E-state index in [2.05, 4.69) is 39.6 Å². The van der Waals surface area contributed by atoms with Crippen LogP contribution in [-0.4, -0.2) is 33.5 Å². The van der Waals surface area contributed by atoms with Crippen LogP contribution in [-0.2, 0) is 33.9 Å². The van der Waals surface area contributed by atoms with Gasteiger partial charge in [-0.1, -0.05) is 91.5 Å². The van der Waals surface area contributed by atoms with Gasteiger partial charge in [-0.25, -0.2) is 9.78 Å². The summed E-state index contributed by atoms with van der Waals surface area (Å²) in [6.45, 7) is 4.73. The number of hydrogen-bond donors (Lipinski definition) is 2. The summed E-state index contributed by atoms with van der Waals surface area (Å²) < 4.78 is 20.2. The SMILES string of the molecule is C=CCOC(=O)NCc1cccc(-c2ccc([C@H]3O[C@@H](Cn4cnc5ccccc54)C[C@@H](c4ccc(CO)cc4)O3)cc2)c1. The van der Waals surface area contributed by atoms with E-state index in [1.54, 1.807) is 0 Å². The molecular formula is C36H35N3O5. The third-order valence-corrected chi connectivity index (χ3v) is 7.75. The fourth-order valence-corrected chi connectivity index (χ4v) is 5.46. The third kappa shape index (κ3) is 6.89. The summed E-state index contributed by atoms with van der Waals surface area (Å²) in [4.78, 5) is 16.4. The zero-order valence-electron chi connectivity index (χ0n) is 24.3. The molecule has 1 aliphatic heterocycles. The number of amides is 1. The van der Waals surface area contributed by atoms with Crippen molar-refractivity contribution < 1.29 is 24.1 Å². The summed E-state index contributed by atoms with van der Waals surface area (Å²) in [5.41, 5.74) is 7.90. The lowest BCUT2D eigenvalue weighted by atomic mass is 9.99. The van der Waals surface area contributed by atoms with Gasteiger partial charge >= 0.3 is 6.09 Å². The molecule has 44 heavy (non-hydrogen) atoms. The van der Waals surface area contributed by atoms with Crippen LogP contribution in [0.25, 0.3) is 22.2 Å². The Hall–Kier alpha value is -4.76. The van der Waals surface area contributed by atoms with Crippen molar-refractivity contribution in [3.05, 3.63) is 138 Å². The van der Waals surface area contributed by atoms with Crippen LogP contribution in [0, 0.1) is 0 Å². The molecule has 0 saturated carbocycles. The predicted molar refractivity (Wildman–Crippen MR) is 168 cm³/mol. The van der Waals surface area contributed by atoms with Crippen LogP contribution < -0.4 is 5.32 Å². The number of aliphatic hydroxyl groups is 1. The highest BCUT2D eigenvalue weighted by molar-refractivity contribution is 5.75.